The predicted octanol–water partition coefficient (Wildman–Crippen LogP) is -0.430. The van der Waals surface area contributed by atoms with E-state index in [1.165, 1.54) is 0 Å². The second kappa shape index (κ2) is 4.34. The lowest BCUT2D eigenvalue weighted by molar-refractivity contribution is -0.0380. The normalized spacial score (nSPS) is 21.7. The topological polar surface area (TPSA) is 67.5 Å². The van der Waals surface area contributed by atoms with E-state index in [9.17, 15) is 10.0 Å². The molecular weight excluding hydrogens is 195 g/mol. The minimum Gasteiger partial charge on any atom is -0.422 e. The number of aromatic nitrogens is 2. The van der Waals surface area contributed by atoms with Gasteiger partial charge in [-0.3, -0.25) is 0 Å². The second-order valence-electron chi connectivity index (χ2n) is 3.85. The van der Waals surface area contributed by atoms with Crippen LogP contribution in [-0.4, -0.2) is 33.6 Å². The molecule has 0 saturated carbocycles. The highest BCUT2D eigenvalue weighted by molar-refractivity contribution is 6.57. The smallest absolute Gasteiger partial charge is 0.422 e. The van der Waals surface area contributed by atoms with E-state index >= 15 is 0 Å². The molecule has 2 rings (SSSR count). The maximum atomic E-state index is 9.19. The van der Waals surface area contributed by atoms with E-state index in [4.69, 9.17) is 4.74 Å². The lowest BCUT2D eigenvalue weighted by Gasteiger charge is -2.24. The lowest BCUT2D eigenvalue weighted by Crippen LogP contribution is -2.39. The van der Waals surface area contributed by atoms with E-state index < -0.39 is 7.12 Å². The summed E-state index contributed by atoms with van der Waals surface area (Å²) in [6, 6.07) is 1.67. The third kappa shape index (κ3) is 2.22. The fourth-order valence-electron chi connectivity index (χ4n) is 1.88. The number of hydrogen-bond acceptors (Lipinski definition) is 4. The van der Waals surface area contributed by atoms with E-state index in [1.54, 1.807) is 10.7 Å². The molecule has 0 bridgehead atoms. The van der Waals surface area contributed by atoms with Gasteiger partial charge in [0, 0.05) is 6.61 Å². The van der Waals surface area contributed by atoms with Crippen LogP contribution in [0.4, 0.5) is 0 Å². The number of rotatable bonds is 2. The van der Waals surface area contributed by atoms with Crippen LogP contribution in [0.2, 0.25) is 0 Å². The van der Waals surface area contributed by atoms with Crippen molar-refractivity contribution in [3.05, 3.63) is 11.8 Å². The largest absolute Gasteiger partial charge is 0.507 e. The van der Waals surface area contributed by atoms with Crippen LogP contribution in [0.5, 0.6) is 0 Å². The summed E-state index contributed by atoms with van der Waals surface area (Å²) in [5.74, 6) is 0. The highest BCUT2D eigenvalue weighted by atomic mass is 16.5. The Morgan fingerprint density at radius 3 is 2.93 bits per heavy atom. The Morgan fingerprint density at radius 2 is 2.33 bits per heavy atom. The molecule has 6 heteroatoms. The third-order valence-electron chi connectivity index (χ3n) is 2.58. The zero-order chi connectivity index (χ0) is 10.8. The van der Waals surface area contributed by atoms with Crippen molar-refractivity contribution in [3.8, 4) is 0 Å². The summed E-state index contributed by atoms with van der Waals surface area (Å²) in [5, 5.41) is 22.6. The van der Waals surface area contributed by atoms with Gasteiger partial charge >= 0.3 is 7.12 Å². The standard InChI is InChI=1S/C9H15BN2O3/c1-7-6-8(10(13)14)12(11-7)9-4-2-3-5-15-9/h6,9,13-14H,2-5H2,1H3/t9-/m1/s1. The van der Waals surface area contributed by atoms with Gasteiger partial charge in [0.05, 0.1) is 11.3 Å². The molecule has 1 aromatic rings. The molecule has 1 fully saturated rings. The molecule has 2 N–H and O–H groups in total. The fraction of sp³-hybridized carbons (Fsp3) is 0.667. The van der Waals surface area contributed by atoms with Crippen molar-refractivity contribution in [1.29, 1.82) is 0 Å². The van der Waals surface area contributed by atoms with Gasteiger partial charge in [-0.25, -0.2) is 4.68 Å². The number of hydrogen-bond donors (Lipinski definition) is 2. The van der Waals surface area contributed by atoms with E-state index in [2.05, 4.69) is 5.10 Å². The molecule has 0 spiro atoms. The predicted molar refractivity (Wildman–Crippen MR) is 55.6 cm³/mol. The maximum Gasteiger partial charge on any atom is 0.507 e. The van der Waals surface area contributed by atoms with Gasteiger partial charge in [-0.05, 0) is 32.3 Å². The summed E-state index contributed by atoms with van der Waals surface area (Å²) in [4.78, 5) is 0. The van der Waals surface area contributed by atoms with Gasteiger partial charge in [-0.2, -0.15) is 5.10 Å². The van der Waals surface area contributed by atoms with Crippen molar-refractivity contribution in [2.24, 2.45) is 0 Å². The van der Waals surface area contributed by atoms with E-state index in [0.29, 0.717) is 12.2 Å². The van der Waals surface area contributed by atoms with E-state index in [1.807, 2.05) is 6.92 Å². The zero-order valence-electron chi connectivity index (χ0n) is 8.76. The highest BCUT2D eigenvalue weighted by Crippen LogP contribution is 2.20. The summed E-state index contributed by atoms with van der Waals surface area (Å²) < 4.78 is 7.13. The molecule has 15 heavy (non-hydrogen) atoms. The molecule has 0 amide bonds. The number of aryl methyl sites for hydroxylation is 1. The molecule has 5 nitrogen and oxygen atoms in total. The molecule has 1 saturated heterocycles. The summed E-state index contributed by atoms with van der Waals surface area (Å²) >= 11 is 0. The molecule has 0 aromatic carbocycles. The van der Waals surface area contributed by atoms with Crippen LogP contribution in [0.3, 0.4) is 0 Å². The van der Waals surface area contributed by atoms with Crippen LogP contribution >= 0.6 is 0 Å². The van der Waals surface area contributed by atoms with Crippen LogP contribution in [0.1, 0.15) is 31.2 Å². The Balaban J connectivity index is 2.25. The first kappa shape index (κ1) is 10.7. The average molecular weight is 210 g/mol. The quantitative estimate of drug-likeness (QED) is 0.650. The minimum atomic E-state index is -1.49. The van der Waals surface area contributed by atoms with Gasteiger partial charge < -0.3 is 14.8 Å². The summed E-state index contributed by atoms with van der Waals surface area (Å²) in [6.45, 7) is 2.54. The third-order valence-corrected chi connectivity index (χ3v) is 2.58. The SMILES string of the molecule is Cc1cc(B(O)O)n([C@H]2CCCCO2)n1. The summed E-state index contributed by atoms with van der Waals surface area (Å²) in [6.07, 6.45) is 2.88. The van der Waals surface area contributed by atoms with Crippen molar-refractivity contribution in [2.45, 2.75) is 32.4 Å². The van der Waals surface area contributed by atoms with Crippen molar-refractivity contribution < 1.29 is 14.8 Å². The van der Waals surface area contributed by atoms with Crippen LogP contribution in [0, 0.1) is 6.92 Å². The van der Waals surface area contributed by atoms with Gasteiger partial charge in [0.25, 0.3) is 0 Å². The Hall–Kier alpha value is -0.845. The van der Waals surface area contributed by atoms with Crippen molar-refractivity contribution in [3.63, 3.8) is 0 Å². The molecule has 2 heterocycles. The number of ether oxygens (including phenoxy) is 1. The van der Waals surface area contributed by atoms with E-state index in [-0.39, 0.29) is 6.23 Å². The molecule has 82 valence electrons. The monoisotopic (exact) mass is 210 g/mol. The van der Waals surface area contributed by atoms with Gasteiger partial charge in [-0.1, -0.05) is 0 Å². The molecule has 1 aliphatic rings. The van der Waals surface area contributed by atoms with Gasteiger partial charge in [0.1, 0.15) is 6.23 Å². The average Bonchev–Trinajstić information content (AvgIpc) is 2.62. The summed E-state index contributed by atoms with van der Waals surface area (Å²) in [5.41, 5.74) is 1.17. The van der Waals surface area contributed by atoms with Gasteiger partial charge in [0.15, 0.2) is 0 Å². The Morgan fingerprint density at radius 1 is 1.53 bits per heavy atom. The van der Waals surface area contributed by atoms with Crippen molar-refractivity contribution in [1.82, 2.24) is 9.78 Å². The van der Waals surface area contributed by atoms with Crippen LogP contribution in [-0.2, 0) is 4.74 Å². The molecule has 0 aliphatic carbocycles. The van der Waals surface area contributed by atoms with Gasteiger partial charge in [-0.15, -0.1) is 0 Å². The van der Waals surface area contributed by atoms with E-state index in [0.717, 1.165) is 25.0 Å². The first-order valence-corrected chi connectivity index (χ1v) is 5.22. The van der Waals surface area contributed by atoms with Crippen molar-refractivity contribution >= 4 is 12.7 Å². The second-order valence-corrected chi connectivity index (χ2v) is 3.85. The summed E-state index contributed by atoms with van der Waals surface area (Å²) in [7, 11) is -1.49. The first-order valence-electron chi connectivity index (χ1n) is 5.22. The first-order chi connectivity index (χ1) is 7.18. The van der Waals surface area contributed by atoms with Crippen LogP contribution in [0.25, 0.3) is 0 Å². The molecule has 1 aromatic heterocycles. The highest BCUT2D eigenvalue weighted by Gasteiger charge is 2.25. The fourth-order valence-corrected chi connectivity index (χ4v) is 1.88. The molecule has 0 unspecified atom stereocenters. The van der Waals surface area contributed by atoms with Crippen LogP contribution in [0.15, 0.2) is 6.07 Å². The van der Waals surface area contributed by atoms with Crippen molar-refractivity contribution in [2.75, 3.05) is 6.61 Å². The molecule has 1 atom stereocenters. The zero-order valence-corrected chi connectivity index (χ0v) is 8.76. The Kier molecular flexibility index (Phi) is 3.09. The molecular formula is C9H15BN2O3. The lowest BCUT2D eigenvalue weighted by atomic mass is 9.85. The van der Waals surface area contributed by atoms with Gasteiger partial charge in [0.2, 0.25) is 0 Å². The molecule has 1 aliphatic heterocycles. The minimum absolute atomic E-state index is 0.149. The Labute approximate surface area is 88.8 Å². The Bertz CT molecular complexity index is 334. The number of nitrogens with zero attached hydrogens (tertiary/aromatic N) is 2. The maximum absolute atomic E-state index is 9.19. The van der Waals surface area contributed by atoms with Crippen LogP contribution < -0.4 is 5.59 Å². The molecule has 0 radical (unpaired) electrons.